The Morgan fingerprint density at radius 2 is 1.94 bits per heavy atom. The lowest BCUT2D eigenvalue weighted by Crippen LogP contribution is -2.31. The summed E-state index contributed by atoms with van der Waals surface area (Å²) in [5, 5.41) is 0. The predicted molar refractivity (Wildman–Crippen MR) is 72.1 cm³/mol. The molecule has 104 valence electrons. The van der Waals surface area contributed by atoms with Gasteiger partial charge in [0.15, 0.2) is 0 Å². The third-order valence-corrected chi connectivity index (χ3v) is 2.52. The number of esters is 1. The molecule has 0 aliphatic carbocycles. The molecule has 0 radical (unpaired) electrons. The molecule has 4 nitrogen and oxygen atoms in total. The van der Waals surface area contributed by atoms with Crippen LogP contribution in [-0.2, 0) is 14.3 Å². The molecule has 1 amide bonds. The van der Waals surface area contributed by atoms with E-state index < -0.39 is 0 Å². The summed E-state index contributed by atoms with van der Waals surface area (Å²) in [5.74, 6) is -0.275. The van der Waals surface area contributed by atoms with E-state index in [2.05, 4.69) is 6.58 Å². The van der Waals surface area contributed by atoms with Gasteiger partial charge in [-0.1, -0.05) is 27.4 Å². The lowest BCUT2D eigenvalue weighted by Gasteiger charge is -2.20. The fourth-order valence-electron chi connectivity index (χ4n) is 1.48. The van der Waals surface area contributed by atoms with Crippen LogP contribution >= 0.6 is 0 Å². The number of carbonyl (C=O) groups excluding carboxylic acids is 2. The number of hydrogen-bond donors (Lipinski definition) is 0. The van der Waals surface area contributed by atoms with E-state index in [0.29, 0.717) is 13.2 Å². The number of unbranched alkanes of at least 4 members (excludes halogenated alkanes) is 1. The second-order valence-electron chi connectivity index (χ2n) is 4.56. The highest BCUT2D eigenvalue weighted by Crippen LogP contribution is 2.01. The molecule has 0 atom stereocenters. The molecular formula is C14H25NO3. The quantitative estimate of drug-likeness (QED) is 0.361. The van der Waals surface area contributed by atoms with Crippen molar-refractivity contribution >= 4 is 11.9 Å². The minimum Gasteiger partial charge on any atom is -0.465 e. The van der Waals surface area contributed by atoms with Crippen molar-refractivity contribution in [3.8, 4) is 0 Å². The molecule has 0 unspecified atom stereocenters. The van der Waals surface area contributed by atoms with Crippen LogP contribution in [0, 0.1) is 5.92 Å². The maximum Gasteiger partial charge on any atom is 0.308 e. The average Bonchev–Trinajstić information content (AvgIpc) is 2.35. The Morgan fingerprint density at radius 1 is 1.28 bits per heavy atom. The molecule has 4 heteroatoms. The Balaban J connectivity index is 3.76. The van der Waals surface area contributed by atoms with Crippen molar-refractivity contribution in [1.29, 1.82) is 0 Å². The standard InChI is InChI=1S/C14H25NO3/c1-5-9-15(13(16)6-2)10-7-8-11-18-14(17)12(3)4/h6,12H,2,5,7-11H2,1,3-4H3. The summed E-state index contributed by atoms with van der Waals surface area (Å²) < 4.78 is 5.07. The minimum absolute atomic E-state index is 0.0315. The van der Waals surface area contributed by atoms with Crippen molar-refractivity contribution in [1.82, 2.24) is 4.90 Å². The van der Waals surface area contributed by atoms with Gasteiger partial charge in [0.2, 0.25) is 5.91 Å². The average molecular weight is 255 g/mol. The number of rotatable bonds is 9. The lowest BCUT2D eigenvalue weighted by atomic mass is 10.2. The van der Waals surface area contributed by atoms with Gasteiger partial charge in [0.25, 0.3) is 0 Å². The van der Waals surface area contributed by atoms with Crippen LogP contribution < -0.4 is 0 Å². The summed E-state index contributed by atoms with van der Waals surface area (Å²) >= 11 is 0. The van der Waals surface area contributed by atoms with Crippen LogP contribution in [0.4, 0.5) is 0 Å². The summed E-state index contributed by atoms with van der Waals surface area (Å²) in [6.07, 6.45) is 3.89. The van der Waals surface area contributed by atoms with Crippen LogP contribution in [0.15, 0.2) is 12.7 Å². The third kappa shape index (κ3) is 7.09. The fourth-order valence-corrected chi connectivity index (χ4v) is 1.48. The third-order valence-electron chi connectivity index (χ3n) is 2.52. The van der Waals surface area contributed by atoms with Crippen LogP contribution in [0.25, 0.3) is 0 Å². The number of carbonyl (C=O) groups is 2. The first kappa shape index (κ1) is 16.7. The van der Waals surface area contributed by atoms with Crippen molar-refractivity contribution in [2.75, 3.05) is 19.7 Å². The van der Waals surface area contributed by atoms with E-state index in [-0.39, 0.29) is 17.8 Å². The van der Waals surface area contributed by atoms with E-state index in [1.54, 1.807) is 4.90 Å². The van der Waals surface area contributed by atoms with Crippen LogP contribution in [-0.4, -0.2) is 36.5 Å². The van der Waals surface area contributed by atoms with E-state index in [1.807, 2.05) is 20.8 Å². The van der Waals surface area contributed by atoms with Gasteiger partial charge in [-0.3, -0.25) is 9.59 Å². The molecule has 0 fully saturated rings. The zero-order chi connectivity index (χ0) is 14.0. The van der Waals surface area contributed by atoms with E-state index in [9.17, 15) is 9.59 Å². The minimum atomic E-state index is -0.164. The van der Waals surface area contributed by atoms with E-state index in [0.717, 1.165) is 25.8 Å². The smallest absolute Gasteiger partial charge is 0.308 e. The highest BCUT2D eigenvalue weighted by molar-refractivity contribution is 5.86. The number of amides is 1. The van der Waals surface area contributed by atoms with Gasteiger partial charge in [0.1, 0.15) is 0 Å². The van der Waals surface area contributed by atoms with Gasteiger partial charge in [0, 0.05) is 13.1 Å². The topological polar surface area (TPSA) is 46.6 Å². The van der Waals surface area contributed by atoms with Crippen molar-refractivity contribution < 1.29 is 14.3 Å². The largest absolute Gasteiger partial charge is 0.465 e. The van der Waals surface area contributed by atoms with Gasteiger partial charge >= 0.3 is 5.97 Å². The van der Waals surface area contributed by atoms with Crippen LogP contribution in [0.1, 0.15) is 40.0 Å². The normalized spacial score (nSPS) is 10.2. The molecule has 0 aromatic heterocycles. The Hall–Kier alpha value is -1.32. The molecule has 0 aromatic rings. The monoisotopic (exact) mass is 255 g/mol. The molecule has 0 heterocycles. The number of hydrogen-bond acceptors (Lipinski definition) is 3. The van der Waals surface area contributed by atoms with Gasteiger partial charge in [-0.15, -0.1) is 0 Å². The molecule has 0 N–H and O–H groups in total. The summed E-state index contributed by atoms with van der Waals surface area (Å²) in [6, 6.07) is 0. The number of ether oxygens (including phenoxy) is 1. The van der Waals surface area contributed by atoms with Crippen molar-refractivity contribution in [2.24, 2.45) is 5.92 Å². The second kappa shape index (κ2) is 9.68. The van der Waals surface area contributed by atoms with Crippen LogP contribution in [0.3, 0.4) is 0 Å². The Kier molecular flexibility index (Phi) is 8.97. The van der Waals surface area contributed by atoms with Crippen molar-refractivity contribution in [3.05, 3.63) is 12.7 Å². The Labute approximate surface area is 110 Å². The Bertz CT molecular complexity index is 274. The van der Waals surface area contributed by atoms with Crippen molar-refractivity contribution in [3.63, 3.8) is 0 Å². The predicted octanol–water partition coefficient (Wildman–Crippen LogP) is 2.39. The maximum atomic E-state index is 11.5. The van der Waals surface area contributed by atoms with E-state index in [4.69, 9.17) is 4.74 Å². The van der Waals surface area contributed by atoms with Crippen LogP contribution in [0.5, 0.6) is 0 Å². The summed E-state index contributed by atoms with van der Waals surface area (Å²) in [6.45, 7) is 11.0. The van der Waals surface area contributed by atoms with Gasteiger partial charge in [-0.05, 0) is 25.3 Å². The van der Waals surface area contributed by atoms with Gasteiger partial charge in [-0.2, -0.15) is 0 Å². The first-order valence-corrected chi connectivity index (χ1v) is 6.60. The molecule has 0 saturated heterocycles. The van der Waals surface area contributed by atoms with Gasteiger partial charge < -0.3 is 9.64 Å². The summed E-state index contributed by atoms with van der Waals surface area (Å²) in [4.78, 5) is 24.5. The highest BCUT2D eigenvalue weighted by atomic mass is 16.5. The Morgan fingerprint density at radius 3 is 2.44 bits per heavy atom. The van der Waals surface area contributed by atoms with Gasteiger partial charge in [0.05, 0.1) is 12.5 Å². The zero-order valence-corrected chi connectivity index (χ0v) is 11.8. The summed E-state index contributed by atoms with van der Waals surface area (Å²) in [5.41, 5.74) is 0. The molecular weight excluding hydrogens is 230 g/mol. The summed E-state index contributed by atoms with van der Waals surface area (Å²) in [7, 11) is 0. The lowest BCUT2D eigenvalue weighted by molar-refractivity contribution is -0.147. The zero-order valence-electron chi connectivity index (χ0n) is 11.8. The molecule has 0 bridgehead atoms. The van der Waals surface area contributed by atoms with E-state index in [1.165, 1.54) is 6.08 Å². The van der Waals surface area contributed by atoms with E-state index >= 15 is 0 Å². The highest BCUT2D eigenvalue weighted by Gasteiger charge is 2.09. The molecule has 0 aliphatic rings. The molecule has 0 aliphatic heterocycles. The molecule has 0 aromatic carbocycles. The first-order chi connectivity index (χ1) is 8.52. The van der Waals surface area contributed by atoms with Gasteiger partial charge in [-0.25, -0.2) is 0 Å². The maximum absolute atomic E-state index is 11.5. The molecule has 0 spiro atoms. The second-order valence-corrected chi connectivity index (χ2v) is 4.56. The molecule has 0 rings (SSSR count). The number of nitrogens with zero attached hydrogens (tertiary/aromatic N) is 1. The fraction of sp³-hybridized carbons (Fsp3) is 0.714. The first-order valence-electron chi connectivity index (χ1n) is 6.60. The van der Waals surface area contributed by atoms with Crippen molar-refractivity contribution in [2.45, 2.75) is 40.0 Å². The molecule has 18 heavy (non-hydrogen) atoms. The van der Waals surface area contributed by atoms with Crippen LogP contribution in [0.2, 0.25) is 0 Å². The molecule has 0 saturated carbocycles. The SMILES string of the molecule is C=CC(=O)N(CCC)CCCCOC(=O)C(C)C.